The highest BCUT2D eigenvalue weighted by Gasteiger charge is 2.22. The van der Waals surface area contributed by atoms with E-state index in [2.05, 4.69) is 10.2 Å². The van der Waals surface area contributed by atoms with E-state index in [0.29, 0.717) is 6.54 Å². The Hall–Kier alpha value is -1.20. The molecule has 2 amide bonds. The van der Waals surface area contributed by atoms with Gasteiger partial charge in [-0.1, -0.05) is 0 Å². The van der Waals surface area contributed by atoms with Crippen molar-refractivity contribution in [2.45, 2.75) is 6.42 Å². The van der Waals surface area contributed by atoms with Gasteiger partial charge in [0.15, 0.2) is 0 Å². The number of hydrogen-bond acceptors (Lipinski definition) is 4. The molecule has 0 aromatic carbocycles. The zero-order chi connectivity index (χ0) is 11.4. The van der Waals surface area contributed by atoms with Crippen LogP contribution in [-0.4, -0.2) is 60.9 Å². The maximum atomic E-state index is 11.3. The predicted molar refractivity (Wildman–Crippen MR) is 59.8 cm³/mol. The van der Waals surface area contributed by atoms with Crippen LogP contribution in [-0.2, 0) is 9.59 Å². The molecule has 16 heavy (non-hydrogen) atoms. The Bertz CT molecular complexity index is 290. The lowest BCUT2D eigenvalue weighted by Gasteiger charge is -2.27. The normalized spacial score (nSPS) is 22.1. The Morgan fingerprint density at radius 2 is 1.69 bits per heavy atom. The zero-order valence-corrected chi connectivity index (χ0v) is 9.32. The van der Waals surface area contributed by atoms with Crippen LogP contribution in [0, 0.1) is 0 Å². The van der Waals surface area contributed by atoms with E-state index in [1.54, 1.807) is 0 Å². The quantitative estimate of drug-likeness (QED) is 0.634. The summed E-state index contributed by atoms with van der Waals surface area (Å²) in [6.45, 7) is 5.67. The molecule has 0 unspecified atom stereocenters. The maximum absolute atomic E-state index is 11.3. The van der Waals surface area contributed by atoms with E-state index in [4.69, 9.17) is 0 Å². The van der Waals surface area contributed by atoms with E-state index in [9.17, 15) is 9.59 Å². The summed E-state index contributed by atoms with van der Waals surface area (Å²) in [5.74, 6) is -0.351. The van der Waals surface area contributed by atoms with Gasteiger partial charge in [0.1, 0.15) is 0 Å². The van der Waals surface area contributed by atoms with Crippen molar-refractivity contribution in [1.82, 2.24) is 15.1 Å². The molecule has 2 heterocycles. The summed E-state index contributed by atoms with van der Waals surface area (Å²) < 4.78 is 0. The molecule has 0 atom stereocenters. The second-order valence-corrected chi connectivity index (χ2v) is 4.11. The molecule has 1 saturated heterocycles. The first-order chi connectivity index (χ1) is 7.77. The number of carbonyl (C=O) groups excluding carboxylic acids is 2. The van der Waals surface area contributed by atoms with Gasteiger partial charge in [0.05, 0.1) is 0 Å². The van der Waals surface area contributed by atoms with Gasteiger partial charge in [0, 0.05) is 44.9 Å². The topological polar surface area (TPSA) is 52.7 Å². The highest BCUT2D eigenvalue weighted by atomic mass is 16.2. The van der Waals surface area contributed by atoms with Gasteiger partial charge in [0.2, 0.25) is 0 Å². The number of hydrogen-bond donors (Lipinski definition) is 1. The van der Waals surface area contributed by atoms with Crippen molar-refractivity contribution >= 4 is 11.8 Å². The SMILES string of the molecule is O=C1C=CC(=O)N1CCCN1CCNCC1. The minimum atomic E-state index is -0.176. The van der Waals surface area contributed by atoms with E-state index >= 15 is 0 Å². The number of carbonyl (C=O) groups is 2. The molecule has 5 heteroatoms. The standard InChI is InChI=1S/C11H17N3O2/c15-10-2-3-11(16)14(10)7-1-6-13-8-4-12-5-9-13/h2-3,12H,1,4-9H2. The first-order valence-corrected chi connectivity index (χ1v) is 5.74. The van der Waals surface area contributed by atoms with Crippen molar-refractivity contribution in [3.8, 4) is 0 Å². The molecular weight excluding hydrogens is 206 g/mol. The third kappa shape index (κ3) is 2.68. The van der Waals surface area contributed by atoms with E-state index in [1.165, 1.54) is 17.1 Å². The fourth-order valence-electron chi connectivity index (χ4n) is 2.04. The summed E-state index contributed by atoms with van der Waals surface area (Å²) in [7, 11) is 0. The lowest BCUT2D eigenvalue weighted by Crippen LogP contribution is -2.44. The smallest absolute Gasteiger partial charge is 0.253 e. The molecule has 2 rings (SSSR count). The number of amides is 2. The molecule has 0 aromatic rings. The van der Waals surface area contributed by atoms with Crippen molar-refractivity contribution < 1.29 is 9.59 Å². The van der Waals surface area contributed by atoms with Crippen LogP contribution in [0.2, 0.25) is 0 Å². The maximum Gasteiger partial charge on any atom is 0.253 e. The van der Waals surface area contributed by atoms with Crippen molar-refractivity contribution in [3.05, 3.63) is 12.2 Å². The summed E-state index contributed by atoms with van der Waals surface area (Å²) in [6.07, 6.45) is 3.54. The molecule has 88 valence electrons. The number of rotatable bonds is 4. The molecule has 0 aromatic heterocycles. The molecule has 1 fully saturated rings. The number of piperazine rings is 1. The van der Waals surface area contributed by atoms with Crippen LogP contribution in [0.3, 0.4) is 0 Å². The number of nitrogens with zero attached hydrogens (tertiary/aromatic N) is 2. The molecule has 2 aliphatic heterocycles. The summed E-state index contributed by atoms with van der Waals surface area (Å²) in [5, 5.41) is 3.29. The molecule has 0 bridgehead atoms. The molecular formula is C11H17N3O2. The molecule has 5 nitrogen and oxygen atoms in total. The van der Waals surface area contributed by atoms with E-state index in [0.717, 1.165) is 39.1 Å². The van der Waals surface area contributed by atoms with Gasteiger partial charge in [-0.15, -0.1) is 0 Å². The Kier molecular flexibility index (Phi) is 3.69. The average molecular weight is 223 g/mol. The monoisotopic (exact) mass is 223 g/mol. The molecule has 0 aliphatic carbocycles. The highest BCUT2D eigenvalue weighted by molar-refractivity contribution is 6.12. The molecule has 0 saturated carbocycles. The van der Waals surface area contributed by atoms with E-state index < -0.39 is 0 Å². The van der Waals surface area contributed by atoms with Gasteiger partial charge >= 0.3 is 0 Å². The van der Waals surface area contributed by atoms with Gasteiger partial charge < -0.3 is 10.2 Å². The predicted octanol–water partition coefficient (Wildman–Crippen LogP) is -0.793. The minimum absolute atomic E-state index is 0.176. The third-order valence-electron chi connectivity index (χ3n) is 2.97. The van der Waals surface area contributed by atoms with Crippen molar-refractivity contribution in [1.29, 1.82) is 0 Å². The minimum Gasteiger partial charge on any atom is -0.314 e. The van der Waals surface area contributed by atoms with Crippen molar-refractivity contribution in [2.75, 3.05) is 39.3 Å². The largest absolute Gasteiger partial charge is 0.314 e. The van der Waals surface area contributed by atoms with Gasteiger partial charge in [-0.3, -0.25) is 14.5 Å². The van der Waals surface area contributed by atoms with Crippen LogP contribution in [0.5, 0.6) is 0 Å². The Balaban J connectivity index is 1.67. The Morgan fingerprint density at radius 1 is 1.06 bits per heavy atom. The summed E-state index contributed by atoms with van der Waals surface area (Å²) in [6, 6.07) is 0. The highest BCUT2D eigenvalue weighted by Crippen LogP contribution is 2.05. The van der Waals surface area contributed by atoms with Crippen LogP contribution in [0.15, 0.2) is 12.2 Å². The summed E-state index contributed by atoms with van der Waals surface area (Å²) in [5.41, 5.74) is 0. The summed E-state index contributed by atoms with van der Waals surface area (Å²) in [4.78, 5) is 26.2. The molecule has 2 aliphatic rings. The van der Waals surface area contributed by atoms with Crippen LogP contribution >= 0.6 is 0 Å². The lowest BCUT2D eigenvalue weighted by atomic mass is 10.3. The molecule has 0 spiro atoms. The fourth-order valence-corrected chi connectivity index (χ4v) is 2.04. The van der Waals surface area contributed by atoms with Crippen molar-refractivity contribution in [2.24, 2.45) is 0 Å². The second kappa shape index (κ2) is 5.23. The second-order valence-electron chi connectivity index (χ2n) is 4.11. The Morgan fingerprint density at radius 3 is 2.31 bits per heavy atom. The first kappa shape index (κ1) is 11.3. The van der Waals surface area contributed by atoms with Crippen LogP contribution in [0.4, 0.5) is 0 Å². The summed E-state index contributed by atoms with van der Waals surface area (Å²) >= 11 is 0. The average Bonchev–Trinajstić information content (AvgIpc) is 2.62. The van der Waals surface area contributed by atoms with E-state index in [-0.39, 0.29) is 11.8 Å². The van der Waals surface area contributed by atoms with Gasteiger partial charge in [0.25, 0.3) is 11.8 Å². The van der Waals surface area contributed by atoms with Crippen LogP contribution in [0.1, 0.15) is 6.42 Å². The number of imide groups is 1. The van der Waals surface area contributed by atoms with Crippen LogP contribution < -0.4 is 5.32 Å². The number of nitrogens with one attached hydrogen (secondary N) is 1. The van der Waals surface area contributed by atoms with Crippen molar-refractivity contribution in [3.63, 3.8) is 0 Å². The fraction of sp³-hybridized carbons (Fsp3) is 0.636. The van der Waals surface area contributed by atoms with E-state index in [1.807, 2.05) is 0 Å². The zero-order valence-electron chi connectivity index (χ0n) is 9.32. The van der Waals surface area contributed by atoms with Gasteiger partial charge in [-0.25, -0.2) is 0 Å². The molecule has 0 radical (unpaired) electrons. The Labute approximate surface area is 95.1 Å². The van der Waals surface area contributed by atoms with Gasteiger partial charge in [-0.05, 0) is 13.0 Å². The lowest BCUT2D eigenvalue weighted by molar-refractivity contribution is -0.136. The molecule has 1 N–H and O–H groups in total. The first-order valence-electron chi connectivity index (χ1n) is 5.74. The van der Waals surface area contributed by atoms with Gasteiger partial charge in [-0.2, -0.15) is 0 Å². The van der Waals surface area contributed by atoms with Crippen LogP contribution in [0.25, 0.3) is 0 Å². The third-order valence-corrected chi connectivity index (χ3v) is 2.97.